The molecular formula is C26H27N3O6. The Hall–Kier alpha value is -3.53. The maximum absolute atomic E-state index is 13.2. The smallest absolute Gasteiger partial charge is 0.318 e. The van der Waals surface area contributed by atoms with E-state index in [1.54, 1.807) is 42.7 Å². The van der Waals surface area contributed by atoms with Crippen LogP contribution < -0.4 is 9.47 Å². The van der Waals surface area contributed by atoms with Crippen LogP contribution in [-0.4, -0.2) is 69.1 Å². The number of aromatic nitrogens is 2. The van der Waals surface area contributed by atoms with E-state index in [1.165, 1.54) is 19.5 Å². The molecule has 3 N–H and O–H groups in total. The van der Waals surface area contributed by atoms with Gasteiger partial charge in [-0.3, -0.25) is 14.8 Å². The van der Waals surface area contributed by atoms with E-state index in [2.05, 4.69) is 9.97 Å². The first-order chi connectivity index (χ1) is 16.8. The lowest BCUT2D eigenvalue weighted by Crippen LogP contribution is -2.54. The van der Waals surface area contributed by atoms with Gasteiger partial charge in [-0.2, -0.15) is 0 Å². The standard InChI is InChI=1S/C26H27N3O6/c1-29(14-16-7-6-10-27-11-16)15-18-22(30)26(33)21-19(34-2)12-28-13-20(21)35-23(26)25(18,24(31)32)17-8-4-3-5-9-17/h3-13,18,22-23,30,33H,14-15H2,1-2H3,(H,31,32)/t18-,22+,23+,25?,26-/m0/s1. The van der Waals surface area contributed by atoms with E-state index in [0.717, 1.165) is 5.56 Å². The van der Waals surface area contributed by atoms with Crippen molar-refractivity contribution >= 4 is 5.97 Å². The number of hydrogen-bond donors (Lipinski definition) is 3. The van der Waals surface area contributed by atoms with Gasteiger partial charge in [0.25, 0.3) is 0 Å². The molecule has 3 heterocycles. The Labute approximate surface area is 202 Å². The van der Waals surface area contributed by atoms with E-state index < -0.39 is 35.1 Å². The molecule has 5 rings (SSSR count). The van der Waals surface area contributed by atoms with Crippen molar-refractivity contribution in [2.24, 2.45) is 5.92 Å². The Morgan fingerprint density at radius 1 is 1.14 bits per heavy atom. The Balaban J connectivity index is 1.66. The van der Waals surface area contributed by atoms with Gasteiger partial charge >= 0.3 is 5.97 Å². The van der Waals surface area contributed by atoms with Gasteiger partial charge in [0.15, 0.2) is 11.7 Å². The van der Waals surface area contributed by atoms with Gasteiger partial charge in [0, 0.05) is 31.4 Å². The van der Waals surface area contributed by atoms with Gasteiger partial charge in [-0.1, -0.05) is 36.4 Å². The molecule has 3 aromatic rings. The topological polar surface area (TPSA) is 125 Å². The summed E-state index contributed by atoms with van der Waals surface area (Å²) in [6, 6.07) is 12.4. The number of ether oxygens (including phenoxy) is 2. The summed E-state index contributed by atoms with van der Waals surface area (Å²) in [6.45, 7) is 0.650. The van der Waals surface area contributed by atoms with Crippen LogP contribution >= 0.6 is 0 Å². The van der Waals surface area contributed by atoms with Crippen LogP contribution in [0.15, 0.2) is 67.3 Å². The number of aliphatic carboxylic acids is 1. The molecular weight excluding hydrogens is 450 g/mol. The summed E-state index contributed by atoms with van der Waals surface area (Å²) in [7, 11) is 3.27. The van der Waals surface area contributed by atoms with Crippen LogP contribution in [0.3, 0.4) is 0 Å². The molecule has 2 aromatic heterocycles. The number of aliphatic hydroxyl groups excluding tert-OH is 1. The Morgan fingerprint density at radius 2 is 1.91 bits per heavy atom. The van der Waals surface area contributed by atoms with Crippen LogP contribution in [0.25, 0.3) is 0 Å². The summed E-state index contributed by atoms with van der Waals surface area (Å²) in [5.41, 5.74) is -2.20. The third-order valence-electron chi connectivity index (χ3n) is 7.26. The van der Waals surface area contributed by atoms with Crippen molar-refractivity contribution in [3.63, 3.8) is 0 Å². The fourth-order valence-corrected chi connectivity index (χ4v) is 5.82. The second-order valence-corrected chi connectivity index (χ2v) is 9.19. The molecule has 1 aliphatic carbocycles. The highest BCUT2D eigenvalue weighted by Crippen LogP contribution is 2.62. The lowest BCUT2D eigenvalue weighted by molar-refractivity contribution is -0.152. The lowest BCUT2D eigenvalue weighted by atomic mass is 9.69. The van der Waals surface area contributed by atoms with Crippen molar-refractivity contribution in [2.75, 3.05) is 20.7 Å². The molecule has 182 valence electrons. The van der Waals surface area contributed by atoms with Crippen LogP contribution in [0.2, 0.25) is 0 Å². The number of carboxylic acids is 1. The number of pyridine rings is 2. The highest BCUT2D eigenvalue weighted by atomic mass is 16.5. The highest BCUT2D eigenvalue weighted by Gasteiger charge is 2.76. The van der Waals surface area contributed by atoms with Gasteiger partial charge < -0.3 is 29.7 Å². The molecule has 1 unspecified atom stereocenters. The van der Waals surface area contributed by atoms with Crippen molar-refractivity contribution in [3.8, 4) is 11.5 Å². The molecule has 35 heavy (non-hydrogen) atoms. The first kappa shape index (κ1) is 23.2. The Bertz CT molecular complexity index is 1230. The molecule has 2 aliphatic rings. The molecule has 1 aromatic carbocycles. The third kappa shape index (κ3) is 3.30. The lowest BCUT2D eigenvalue weighted by Gasteiger charge is -2.37. The molecule has 0 radical (unpaired) electrons. The number of benzene rings is 1. The van der Waals surface area contributed by atoms with E-state index in [9.17, 15) is 20.1 Å². The second-order valence-electron chi connectivity index (χ2n) is 9.19. The number of nitrogens with zero attached hydrogens (tertiary/aromatic N) is 3. The van der Waals surface area contributed by atoms with Gasteiger partial charge in [0.05, 0.1) is 31.2 Å². The monoisotopic (exact) mass is 477 g/mol. The summed E-state index contributed by atoms with van der Waals surface area (Å²) in [5.74, 6) is -1.70. The van der Waals surface area contributed by atoms with E-state index in [0.29, 0.717) is 12.1 Å². The number of hydrogen-bond acceptors (Lipinski definition) is 8. The van der Waals surface area contributed by atoms with Gasteiger partial charge in [-0.05, 0) is 24.2 Å². The summed E-state index contributed by atoms with van der Waals surface area (Å²) in [6.07, 6.45) is 3.46. The third-order valence-corrected chi connectivity index (χ3v) is 7.26. The predicted octanol–water partition coefficient (Wildman–Crippen LogP) is 1.58. The average molecular weight is 478 g/mol. The molecule has 0 saturated heterocycles. The maximum atomic E-state index is 13.2. The van der Waals surface area contributed by atoms with Crippen molar-refractivity contribution in [1.82, 2.24) is 14.9 Å². The zero-order valence-corrected chi connectivity index (χ0v) is 19.4. The quantitative estimate of drug-likeness (QED) is 0.465. The molecule has 0 spiro atoms. The normalized spacial score (nSPS) is 28.9. The summed E-state index contributed by atoms with van der Waals surface area (Å²) < 4.78 is 11.6. The second kappa shape index (κ2) is 8.60. The van der Waals surface area contributed by atoms with E-state index in [4.69, 9.17) is 9.47 Å². The molecule has 1 fully saturated rings. The molecule has 1 aliphatic heterocycles. The van der Waals surface area contributed by atoms with E-state index in [1.807, 2.05) is 24.1 Å². The fourth-order valence-electron chi connectivity index (χ4n) is 5.82. The average Bonchev–Trinajstić information content (AvgIpc) is 3.27. The summed E-state index contributed by atoms with van der Waals surface area (Å²) in [5, 5.41) is 34.6. The minimum Gasteiger partial charge on any atom is -0.495 e. The van der Waals surface area contributed by atoms with E-state index in [-0.39, 0.29) is 23.6 Å². The number of methoxy groups -OCH3 is 1. The summed E-state index contributed by atoms with van der Waals surface area (Å²) >= 11 is 0. The number of rotatable bonds is 7. The van der Waals surface area contributed by atoms with Crippen LogP contribution in [0.1, 0.15) is 16.7 Å². The number of aliphatic hydroxyl groups is 2. The van der Waals surface area contributed by atoms with Crippen molar-refractivity contribution in [3.05, 3.63) is 83.9 Å². The largest absolute Gasteiger partial charge is 0.495 e. The van der Waals surface area contributed by atoms with Crippen molar-refractivity contribution < 1.29 is 29.6 Å². The van der Waals surface area contributed by atoms with Crippen LogP contribution in [0.5, 0.6) is 11.5 Å². The number of carbonyl (C=O) groups is 1. The summed E-state index contributed by atoms with van der Waals surface area (Å²) in [4.78, 5) is 23.4. The van der Waals surface area contributed by atoms with Crippen LogP contribution in [0, 0.1) is 5.92 Å². The molecule has 1 saturated carbocycles. The zero-order chi connectivity index (χ0) is 24.8. The van der Waals surface area contributed by atoms with Crippen LogP contribution in [-0.2, 0) is 22.4 Å². The SMILES string of the molecule is COc1cncc2c1[C@]1(O)[C@H](O)[C@H](CN(C)Cc3cccnc3)C(C(=O)O)(c3ccccc3)[C@H]1O2. The van der Waals surface area contributed by atoms with Gasteiger partial charge in [0.1, 0.15) is 16.9 Å². The van der Waals surface area contributed by atoms with Crippen molar-refractivity contribution in [2.45, 2.75) is 29.8 Å². The minimum absolute atomic E-state index is 0.169. The molecule has 9 nitrogen and oxygen atoms in total. The zero-order valence-electron chi connectivity index (χ0n) is 19.4. The first-order valence-corrected chi connectivity index (χ1v) is 11.3. The van der Waals surface area contributed by atoms with Gasteiger partial charge in [-0.15, -0.1) is 0 Å². The van der Waals surface area contributed by atoms with E-state index >= 15 is 0 Å². The minimum atomic E-state index is -2.03. The maximum Gasteiger partial charge on any atom is 0.318 e. The highest BCUT2D eigenvalue weighted by molar-refractivity contribution is 5.85. The Kier molecular flexibility index (Phi) is 5.71. The predicted molar refractivity (Wildman–Crippen MR) is 125 cm³/mol. The van der Waals surface area contributed by atoms with Gasteiger partial charge in [-0.25, -0.2) is 0 Å². The fraction of sp³-hybridized carbons (Fsp3) is 0.346. The number of fused-ring (bicyclic) bond motifs is 3. The number of carboxylic acid groups (broad SMARTS) is 1. The molecule has 5 atom stereocenters. The molecule has 9 heteroatoms. The van der Waals surface area contributed by atoms with Crippen LogP contribution in [0.4, 0.5) is 0 Å². The molecule has 0 bridgehead atoms. The Morgan fingerprint density at radius 3 is 2.57 bits per heavy atom. The van der Waals surface area contributed by atoms with Gasteiger partial charge in [0.2, 0.25) is 0 Å². The first-order valence-electron chi connectivity index (χ1n) is 11.3. The van der Waals surface area contributed by atoms with Crippen molar-refractivity contribution in [1.29, 1.82) is 0 Å². The molecule has 0 amide bonds.